The van der Waals surface area contributed by atoms with Gasteiger partial charge in [-0.3, -0.25) is 9.59 Å². The number of amides is 2. The van der Waals surface area contributed by atoms with Crippen molar-refractivity contribution in [3.8, 4) is 5.75 Å². The molecule has 0 aliphatic heterocycles. The van der Waals surface area contributed by atoms with E-state index in [9.17, 15) is 9.59 Å². The molecule has 0 saturated heterocycles. The van der Waals surface area contributed by atoms with E-state index in [1.807, 2.05) is 45.9 Å². The van der Waals surface area contributed by atoms with Gasteiger partial charge in [-0.05, 0) is 59.2 Å². The number of aryl methyl sites for hydroxylation is 1. The van der Waals surface area contributed by atoms with Crippen LogP contribution in [0.4, 0.5) is 0 Å². The van der Waals surface area contributed by atoms with Crippen LogP contribution in [-0.2, 0) is 11.3 Å². The quantitative estimate of drug-likeness (QED) is 0.815. The van der Waals surface area contributed by atoms with E-state index in [1.165, 1.54) is 0 Å². The predicted molar refractivity (Wildman–Crippen MR) is 108 cm³/mol. The van der Waals surface area contributed by atoms with Crippen molar-refractivity contribution in [1.82, 2.24) is 15.2 Å². The molecule has 0 saturated carbocycles. The van der Waals surface area contributed by atoms with Crippen LogP contribution >= 0.6 is 0 Å². The summed E-state index contributed by atoms with van der Waals surface area (Å²) >= 11 is 0. The number of fused-ring (bicyclic) bond motifs is 1. The molecule has 6 nitrogen and oxygen atoms in total. The van der Waals surface area contributed by atoms with E-state index < -0.39 is 6.04 Å². The fourth-order valence-corrected chi connectivity index (χ4v) is 3.20. The molecule has 2 aromatic rings. The molecule has 0 bridgehead atoms. The summed E-state index contributed by atoms with van der Waals surface area (Å²) in [4.78, 5) is 25.4. The van der Waals surface area contributed by atoms with Crippen molar-refractivity contribution in [1.29, 1.82) is 0 Å². The summed E-state index contributed by atoms with van der Waals surface area (Å²) in [6.45, 7) is 12.3. The summed E-state index contributed by atoms with van der Waals surface area (Å²) in [5.74, 6) is 0.240. The summed E-state index contributed by atoms with van der Waals surface area (Å²) in [6, 6.07) is 5.12. The van der Waals surface area contributed by atoms with E-state index in [-0.39, 0.29) is 17.4 Å². The fourth-order valence-electron chi connectivity index (χ4n) is 3.20. The molecule has 2 rings (SSSR count). The zero-order valence-electron chi connectivity index (χ0n) is 17.4. The van der Waals surface area contributed by atoms with Crippen LogP contribution in [0.2, 0.25) is 0 Å². The van der Waals surface area contributed by atoms with Crippen LogP contribution in [0, 0.1) is 6.92 Å². The van der Waals surface area contributed by atoms with E-state index in [2.05, 4.69) is 22.1 Å². The van der Waals surface area contributed by atoms with Crippen molar-refractivity contribution in [2.75, 3.05) is 7.11 Å². The van der Waals surface area contributed by atoms with Gasteiger partial charge in [0.15, 0.2) is 0 Å². The van der Waals surface area contributed by atoms with Gasteiger partial charge in [0.05, 0.1) is 12.7 Å². The third kappa shape index (κ3) is 4.62. The van der Waals surface area contributed by atoms with Gasteiger partial charge >= 0.3 is 0 Å². The summed E-state index contributed by atoms with van der Waals surface area (Å²) in [5.41, 5.74) is 2.12. The topological polar surface area (TPSA) is 72.4 Å². The smallest absolute Gasteiger partial charge is 0.254 e. The first-order valence-electron chi connectivity index (χ1n) is 9.38. The minimum Gasteiger partial charge on any atom is -0.497 e. The molecule has 1 atom stereocenters. The minimum atomic E-state index is -0.633. The average Bonchev–Trinajstić information content (AvgIpc) is 2.84. The molecule has 1 unspecified atom stereocenters. The molecular formula is C21H31N3O3. The van der Waals surface area contributed by atoms with Crippen LogP contribution in [0.15, 0.2) is 18.2 Å². The van der Waals surface area contributed by atoms with Gasteiger partial charge in [-0.15, -0.1) is 0 Å². The van der Waals surface area contributed by atoms with Crippen molar-refractivity contribution in [3.63, 3.8) is 0 Å². The van der Waals surface area contributed by atoms with E-state index in [4.69, 9.17) is 4.74 Å². The Morgan fingerprint density at radius 1 is 1.26 bits per heavy atom. The molecule has 1 heterocycles. The maximum Gasteiger partial charge on any atom is 0.254 e. The Kier molecular flexibility index (Phi) is 6.19. The van der Waals surface area contributed by atoms with E-state index in [1.54, 1.807) is 14.0 Å². The molecular weight excluding hydrogens is 342 g/mol. The largest absolute Gasteiger partial charge is 0.497 e. The van der Waals surface area contributed by atoms with Crippen LogP contribution in [0.5, 0.6) is 5.75 Å². The zero-order valence-corrected chi connectivity index (χ0v) is 17.4. The van der Waals surface area contributed by atoms with E-state index >= 15 is 0 Å². The van der Waals surface area contributed by atoms with Gasteiger partial charge in [0.1, 0.15) is 11.8 Å². The second-order valence-electron chi connectivity index (χ2n) is 7.93. The molecule has 2 N–H and O–H groups in total. The van der Waals surface area contributed by atoms with E-state index in [0.717, 1.165) is 29.6 Å². The van der Waals surface area contributed by atoms with Gasteiger partial charge in [0, 0.05) is 28.7 Å². The number of carbonyl (C=O) groups excluding carboxylic acids is 2. The Labute approximate surface area is 161 Å². The zero-order chi connectivity index (χ0) is 20.4. The molecule has 1 aromatic carbocycles. The summed E-state index contributed by atoms with van der Waals surface area (Å²) in [7, 11) is 1.61. The van der Waals surface area contributed by atoms with Crippen molar-refractivity contribution in [3.05, 3.63) is 29.5 Å². The minimum absolute atomic E-state index is 0.205. The summed E-state index contributed by atoms with van der Waals surface area (Å²) in [6.07, 6.45) is 0.960. The highest BCUT2D eigenvalue weighted by Gasteiger charge is 2.25. The lowest BCUT2D eigenvalue weighted by atomic mass is 10.1. The van der Waals surface area contributed by atoms with Crippen molar-refractivity contribution >= 4 is 22.7 Å². The number of carbonyl (C=O) groups is 2. The molecule has 0 aliphatic rings. The maximum absolute atomic E-state index is 13.0. The molecule has 0 spiro atoms. The van der Waals surface area contributed by atoms with Crippen LogP contribution < -0.4 is 15.4 Å². The highest BCUT2D eigenvalue weighted by molar-refractivity contribution is 6.09. The van der Waals surface area contributed by atoms with Gasteiger partial charge in [0.2, 0.25) is 5.91 Å². The van der Waals surface area contributed by atoms with Gasteiger partial charge in [-0.25, -0.2) is 0 Å². The van der Waals surface area contributed by atoms with Crippen molar-refractivity contribution < 1.29 is 14.3 Å². The number of methoxy groups -OCH3 is 1. The summed E-state index contributed by atoms with van der Waals surface area (Å²) in [5, 5.41) is 6.57. The van der Waals surface area contributed by atoms with E-state index in [0.29, 0.717) is 11.3 Å². The van der Waals surface area contributed by atoms with Gasteiger partial charge < -0.3 is 19.9 Å². The second-order valence-corrected chi connectivity index (χ2v) is 7.93. The molecule has 2 amide bonds. The molecule has 0 aliphatic carbocycles. The van der Waals surface area contributed by atoms with Gasteiger partial charge in [-0.2, -0.15) is 0 Å². The summed E-state index contributed by atoms with van der Waals surface area (Å²) < 4.78 is 7.48. The first-order chi connectivity index (χ1) is 12.6. The standard InChI is InChI=1S/C21H31N3O3/c1-8-11-24-14(3)18(16-12-15(27-7)9-10-17(16)24)20(26)22-13(2)19(25)23-21(4,5)6/h9-10,12-13H,8,11H2,1-7H3,(H,22,26)(H,23,25). The first-order valence-corrected chi connectivity index (χ1v) is 9.38. The number of hydrogen-bond donors (Lipinski definition) is 2. The number of nitrogens with one attached hydrogen (secondary N) is 2. The molecule has 6 heteroatoms. The molecule has 148 valence electrons. The monoisotopic (exact) mass is 373 g/mol. The number of benzene rings is 1. The molecule has 0 fully saturated rings. The highest BCUT2D eigenvalue weighted by Crippen LogP contribution is 2.29. The van der Waals surface area contributed by atoms with Gasteiger partial charge in [0.25, 0.3) is 5.91 Å². The average molecular weight is 373 g/mol. The van der Waals surface area contributed by atoms with Gasteiger partial charge in [-0.1, -0.05) is 6.92 Å². The molecule has 27 heavy (non-hydrogen) atoms. The third-order valence-corrected chi connectivity index (χ3v) is 4.44. The Balaban J connectivity index is 2.40. The Morgan fingerprint density at radius 2 is 1.93 bits per heavy atom. The Bertz CT molecular complexity index is 846. The molecule has 1 aromatic heterocycles. The normalized spacial score (nSPS) is 12.7. The lowest BCUT2D eigenvalue weighted by molar-refractivity contribution is -0.124. The molecule has 0 radical (unpaired) electrons. The third-order valence-electron chi connectivity index (χ3n) is 4.44. The Hall–Kier alpha value is -2.50. The lowest BCUT2D eigenvalue weighted by Gasteiger charge is -2.23. The van der Waals surface area contributed by atoms with Crippen LogP contribution in [0.25, 0.3) is 10.9 Å². The maximum atomic E-state index is 13.0. The number of nitrogens with zero attached hydrogens (tertiary/aromatic N) is 1. The van der Waals surface area contributed by atoms with Crippen LogP contribution in [-0.4, -0.2) is 35.1 Å². The fraction of sp³-hybridized carbons (Fsp3) is 0.524. The number of rotatable bonds is 6. The SMILES string of the molecule is CCCn1c(C)c(C(=O)NC(C)C(=O)NC(C)(C)C)c2cc(OC)ccc21. The highest BCUT2D eigenvalue weighted by atomic mass is 16.5. The number of hydrogen-bond acceptors (Lipinski definition) is 3. The van der Waals surface area contributed by atoms with Crippen molar-refractivity contribution in [2.24, 2.45) is 0 Å². The lowest BCUT2D eigenvalue weighted by Crippen LogP contribution is -2.50. The first kappa shape index (κ1) is 20.8. The predicted octanol–water partition coefficient (Wildman–Crippen LogP) is 3.40. The number of aromatic nitrogens is 1. The van der Waals surface area contributed by atoms with Crippen LogP contribution in [0.1, 0.15) is 57.1 Å². The van der Waals surface area contributed by atoms with Crippen molar-refractivity contribution in [2.45, 2.75) is 66.1 Å². The number of ether oxygens (including phenoxy) is 1. The Morgan fingerprint density at radius 3 is 2.48 bits per heavy atom. The van der Waals surface area contributed by atoms with Crippen LogP contribution in [0.3, 0.4) is 0 Å². The second kappa shape index (κ2) is 8.03.